The van der Waals surface area contributed by atoms with Crippen molar-refractivity contribution in [2.45, 2.75) is 26.3 Å². The number of likely N-dealkylation sites (tertiary alicyclic amines) is 1. The molecule has 0 saturated carbocycles. The van der Waals surface area contributed by atoms with E-state index < -0.39 is 5.82 Å². The highest BCUT2D eigenvalue weighted by molar-refractivity contribution is 5.94. The Kier molecular flexibility index (Phi) is 4.94. The second-order valence-electron chi connectivity index (χ2n) is 9.25. The van der Waals surface area contributed by atoms with Gasteiger partial charge in [0.15, 0.2) is 5.82 Å². The summed E-state index contributed by atoms with van der Waals surface area (Å²) in [5, 5.41) is 22.9. The van der Waals surface area contributed by atoms with E-state index in [1.165, 1.54) is 12.5 Å². The largest absolute Gasteiger partial charge is 0.361 e. The summed E-state index contributed by atoms with van der Waals surface area (Å²) < 4.78 is 14.7. The first-order valence-corrected chi connectivity index (χ1v) is 10.9. The Bertz CT molecular complexity index is 1230. The van der Waals surface area contributed by atoms with Crippen LogP contribution < -0.4 is 10.2 Å². The summed E-state index contributed by atoms with van der Waals surface area (Å²) in [4.78, 5) is 9.41. The number of hydrogen-bond acceptors (Lipinski definition) is 7. The molecule has 2 saturated heterocycles. The predicted molar refractivity (Wildman–Crippen MR) is 122 cm³/mol. The van der Waals surface area contributed by atoms with E-state index in [9.17, 15) is 4.39 Å². The summed E-state index contributed by atoms with van der Waals surface area (Å²) in [7, 11) is 2.18. The van der Waals surface area contributed by atoms with Gasteiger partial charge in [0.2, 0.25) is 0 Å². The highest BCUT2D eigenvalue weighted by Crippen LogP contribution is 2.41. The van der Waals surface area contributed by atoms with Crippen molar-refractivity contribution in [1.82, 2.24) is 20.1 Å². The summed E-state index contributed by atoms with van der Waals surface area (Å²) in [6.07, 6.45) is 3.09. The molecule has 1 aromatic carbocycles. The lowest BCUT2D eigenvalue weighted by Crippen LogP contribution is -2.57. The first-order valence-electron chi connectivity index (χ1n) is 10.9. The van der Waals surface area contributed by atoms with Crippen LogP contribution in [0.15, 0.2) is 30.5 Å². The van der Waals surface area contributed by atoms with Crippen LogP contribution in [-0.2, 0) is 0 Å². The van der Waals surface area contributed by atoms with Gasteiger partial charge < -0.3 is 15.1 Å². The molecule has 2 aliphatic heterocycles. The van der Waals surface area contributed by atoms with Gasteiger partial charge in [0.05, 0.1) is 17.3 Å². The second-order valence-corrected chi connectivity index (χ2v) is 9.25. The number of nitrogens with one attached hydrogen (secondary N) is 1. The van der Waals surface area contributed by atoms with E-state index in [-0.39, 0.29) is 11.6 Å². The third kappa shape index (κ3) is 3.43. The van der Waals surface area contributed by atoms with Gasteiger partial charge >= 0.3 is 0 Å². The van der Waals surface area contributed by atoms with Gasteiger partial charge in [-0.2, -0.15) is 10.4 Å². The second kappa shape index (κ2) is 7.68. The quantitative estimate of drug-likeness (QED) is 0.675. The van der Waals surface area contributed by atoms with Crippen LogP contribution in [0.25, 0.3) is 10.8 Å². The zero-order valence-electron chi connectivity index (χ0n) is 18.6. The maximum atomic E-state index is 14.7. The molecule has 32 heavy (non-hydrogen) atoms. The Morgan fingerprint density at radius 1 is 1.22 bits per heavy atom. The average Bonchev–Trinajstić information content (AvgIpc) is 3.16. The molecule has 0 amide bonds. The minimum absolute atomic E-state index is 0.0340. The number of aromatic nitrogens is 3. The van der Waals surface area contributed by atoms with Gasteiger partial charge in [0.25, 0.3) is 0 Å². The molecule has 1 spiro atoms. The average molecular weight is 432 g/mol. The molecule has 0 radical (unpaired) electrons. The topological polar surface area (TPSA) is 81.0 Å². The molecule has 0 unspecified atom stereocenters. The van der Waals surface area contributed by atoms with Crippen molar-refractivity contribution in [3.63, 3.8) is 0 Å². The predicted octanol–water partition coefficient (Wildman–Crippen LogP) is 3.66. The van der Waals surface area contributed by atoms with Gasteiger partial charge in [-0.1, -0.05) is 12.1 Å². The number of nitrogens with zero attached hydrogens (tertiary/aromatic N) is 6. The first-order chi connectivity index (χ1) is 15.4. The van der Waals surface area contributed by atoms with Crippen LogP contribution in [0.1, 0.15) is 36.2 Å². The van der Waals surface area contributed by atoms with Crippen molar-refractivity contribution in [2.24, 2.45) is 5.41 Å². The van der Waals surface area contributed by atoms with E-state index in [0.717, 1.165) is 48.5 Å². The Morgan fingerprint density at radius 3 is 2.75 bits per heavy atom. The van der Waals surface area contributed by atoms with Gasteiger partial charge in [-0.05, 0) is 46.0 Å². The van der Waals surface area contributed by atoms with Crippen molar-refractivity contribution in [2.75, 3.05) is 43.4 Å². The molecule has 1 atom stereocenters. The number of halogens is 1. The summed E-state index contributed by atoms with van der Waals surface area (Å²) in [6, 6.07) is 8.42. The molecule has 0 aliphatic carbocycles. The Hall–Kier alpha value is -3.31. The number of hydrogen-bond donors (Lipinski definition) is 1. The molecule has 5 rings (SSSR count). The molecule has 8 heteroatoms. The third-order valence-corrected chi connectivity index (χ3v) is 6.81. The van der Waals surface area contributed by atoms with Crippen LogP contribution in [0.5, 0.6) is 0 Å². The fraction of sp³-hybridized carbons (Fsp3) is 0.417. The first kappa shape index (κ1) is 20.6. The summed E-state index contributed by atoms with van der Waals surface area (Å²) in [5.74, 6) is 1.01. The van der Waals surface area contributed by atoms with Gasteiger partial charge in [-0.15, -0.1) is 5.10 Å². The number of fused-ring (bicyclic) bond motifs is 1. The minimum Gasteiger partial charge on any atom is -0.361 e. The van der Waals surface area contributed by atoms with Crippen LogP contribution in [0.4, 0.5) is 16.0 Å². The Labute approximate surface area is 186 Å². The highest BCUT2D eigenvalue weighted by atomic mass is 19.1. The maximum absolute atomic E-state index is 14.7. The van der Waals surface area contributed by atoms with Crippen molar-refractivity contribution < 1.29 is 4.39 Å². The summed E-state index contributed by atoms with van der Waals surface area (Å²) >= 11 is 0. The van der Waals surface area contributed by atoms with Gasteiger partial charge in [-0.3, -0.25) is 0 Å². The van der Waals surface area contributed by atoms with Crippen molar-refractivity contribution >= 4 is 22.4 Å². The number of aryl methyl sites for hydroxylation is 1. The molecule has 3 aromatic rings. The normalized spacial score (nSPS) is 18.5. The van der Waals surface area contributed by atoms with E-state index in [1.807, 2.05) is 26.1 Å². The zero-order chi connectivity index (χ0) is 22.5. The van der Waals surface area contributed by atoms with E-state index >= 15 is 0 Å². The molecular weight excluding hydrogens is 405 g/mol. The fourth-order valence-electron chi connectivity index (χ4n) is 5.04. The number of pyridine rings is 1. The molecule has 2 fully saturated rings. The van der Waals surface area contributed by atoms with E-state index in [1.54, 1.807) is 12.1 Å². The van der Waals surface area contributed by atoms with Gasteiger partial charge in [0, 0.05) is 47.6 Å². The van der Waals surface area contributed by atoms with Crippen molar-refractivity contribution in [1.29, 1.82) is 5.26 Å². The fourth-order valence-corrected chi connectivity index (χ4v) is 5.04. The molecule has 0 bridgehead atoms. The zero-order valence-corrected chi connectivity index (χ0v) is 18.6. The molecule has 1 N–H and O–H groups in total. The Morgan fingerprint density at radius 2 is 2.03 bits per heavy atom. The molecule has 2 aliphatic rings. The van der Waals surface area contributed by atoms with Crippen LogP contribution in [-0.4, -0.2) is 53.3 Å². The summed E-state index contributed by atoms with van der Waals surface area (Å²) in [5.41, 5.74) is 1.64. The van der Waals surface area contributed by atoms with Gasteiger partial charge in [-0.25, -0.2) is 9.37 Å². The SMILES string of the molecule is Cc1nnc(N[C@H](C)c2cccc(C#N)c2F)c2cc(N3CC4(CCN(C)C4)C3)ncc12. The molecule has 164 valence electrons. The van der Waals surface area contributed by atoms with Crippen LogP contribution in [0.2, 0.25) is 0 Å². The van der Waals surface area contributed by atoms with Crippen molar-refractivity contribution in [3.05, 3.63) is 53.1 Å². The smallest absolute Gasteiger partial charge is 0.157 e. The molecule has 4 heterocycles. The van der Waals surface area contributed by atoms with E-state index in [0.29, 0.717) is 16.8 Å². The van der Waals surface area contributed by atoms with Crippen molar-refractivity contribution in [3.8, 4) is 6.07 Å². The van der Waals surface area contributed by atoms with Crippen LogP contribution in [0.3, 0.4) is 0 Å². The molecule has 7 nitrogen and oxygen atoms in total. The number of benzene rings is 1. The number of anilines is 2. The lowest BCUT2D eigenvalue weighted by atomic mass is 9.79. The maximum Gasteiger partial charge on any atom is 0.157 e. The number of rotatable bonds is 4. The standard InChI is InChI=1S/C24H26FN7/c1-15(18-6-4-5-17(10-26)22(18)25)28-23-19-9-21(27-11-20(19)16(2)29-30-23)32-13-24(14-32)7-8-31(3)12-24/h4-6,9,11,15H,7-8,12-14H2,1-3H3,(H,28,30)/t15-/m1/s1. The van der Waals surface area contributed by atoms with Crippen LogP contribution in [0, 0.1) is 29.5 Å². The van der Waals surface area contributed by atoms with E-state index in [2.05, 4.69) is 38.4 Å². The highest BCUT2D eigenvalue weighted by Gasteiger charge is 2.47. The van der Waals surface area contributed by atoms with Crippen LogP contribution >= 0.6 is 0 Å². The van der Waals surface area contributed by atoms with E-state index in [4.69, 9.17) is 10.2 Å². The van der Waals surface area contributed by atoms with Gasteiger partial charge in [0.1, 0.15) is 17.7 Å². The monoisotopic (exact) mass is 431 g/mol. The minimum atomic E-state index is -0.505. The summed E-state index contributed by atoms with van der Waals surface area (Å²) in [6.45, 7) is 8.08. The molecular formula is C24H26FN7. The lowest BCUT2D eigenvalue weighted by molar-refractivity contribution is 0.216. The lowest BCUT2D eigenvalue weighted by Gasteiger charge is -2.48. The molecule has 2 aromatic heterocycles. The third-order valence-electron chi connectivity index (χ3n) is 6.81. The number of nitriles is 1. The Balaban J connectivity index is 1.44.